The molecule has 0 N–H and O–H groups in total. The van der Waals surface area contributed by atoms with Gasteiger partial charge < -0.3 is 4.74 Å². The molecule has 4 nitrogen and oxygen atoms in total. The molecule has 0 atom stereocenters. The number of nitrogens with zero attached hydrogens (tertiary/aromatic N) is 1. The van der Waals surface area contributed by atoms with Crippen molar-refractivity contribution in [3.63, 3.8) is 0 Å². The lowest BCUT2D eigenvalue weighted by molar-refractivity contribution is -0.164. The number of hydrogen-bond donors (Lipinski definition) is 0. The van der Waals surface area contributed by atoms with Gasteiger partial charge in [0.1, 0.15) is 0 Å². The molecule has 92 valence electrons. The van der Waals surface area contributed by atoms with Gasteiger partial charge in [0.2, 0.25) is 5.78 Å². The predicted molar refractivity (Wildman–Crippen MR) is 57.8 cm³/mol. The van der Waals surface area contributed by atoms with Crippen LogP contribution in [0.4, 0.5) is 8.78 Å². The van der Waals surface area contributed by atoms with Gasteiger partial charge in [0, 0.05) is 22.4 Å². The van der Waals surface area contributed by atoms with Crippen molar-refractivity contribution in [1.82, 2.24) is 4.98 Å². The summed E-state index contributed by atoms with van der Waals surface area (Å²) >= 11 is 2.99. The third-order valence-corrected chi connectivity index (χ3v) is 2.22. The summed E-state index contributed by atoms with van der Waals surface area (Å²) in [6.45, 7) is 1.15. The van der Waals surface area contributed by atoms with Gasteiger partial charge in [0.25, 0.3) is 0 Å². The maximum Gasteiger partial charge on any atom is 0.404 e. The molecule has 1 aromatic rings. The molecule has 0 fully saturated rings. The summed E-state index contributed by atoms with van der Waals surface area (Å²) in [7, 11) is 0. The molecule has 0 aliphatic rings. The Morgan fingerprint density at radius 3 is 2.65 bits per heavy atom. The number of alkyl halides is 2. The number of Topliss-reactive ketones (excluding diaryl/α,β-unsaturated/α-hetero) is 1. The van der Waals surface area contributed by atoms with Gasteiger partial charge >= 0.3 is 11.9 Å². The number of carbonyl (C=O) groups excluding carboxylic acids is 2. The van der Waals surface area contributed by atoms with Gasteiger partial charge in [-0.1, -0.05) is 0 Å². The molecule has 0 spiro atoms. The SMILES string of the molecule is CCOC(=O)C(F)(F)C(=O)c1cncc(Br)c1. The molecule has 1 heterocycles. The molecule has 0 bridgehead atoms. The zero-order valence-electron chi connectivity index (χ0n) is 8.75. The van der Waals surface area contributed by atoms with E-state index in [1.807, 2.05) is 0 Å². The molecule has 1 rings (SSSR count). The molecule has 0 aliphatic carbocycles. The van der Waals surface area contributed by atoms with E-state index in [9.17, 15) is 18.4 Å². The molecule has 0 saturated carbocycles. The van der Waals surface area contributed by atoms with E-state index in [4.69, 9.17) is 0 Å². The fourth-order valence-electron chi connectivity index (χ4n) is 1.03. The third kappa shape index (κ3) is 3.06. The summed E-state index contributed by atoms with van der Waals surface area (Å²) in [5.41, 5.74) is -0.363. The van der Waals surface area contributed by atoms with Crippen molar-refractivity contribution in [2.75, 3.05) is 6.61 Å². The normalized spacial score (nSPS) is 11.1. The van der Waals surface area contributed by atoms with Gasteiger partial charge in [-0.2, -0.15) is 8.78 Å². The van der Waals surface area contributed by atoms with Crippen LogP contribution in [0.5, 0.6) is 0 Å². The van der Waals surface area contributed by atoms with Gasteiger partial charge in [-0.3, -0.25) is 9.78 Å². The number of esters is 1. The van der Waals surface area contributed by atoms with Crippen molar-refractivity contribution in [3.8, 4) is 0 Å². The van der Waals surface area contributed by atoms with Crippen molar-refractivity contribution in [1.29, 1.82) is 0 Å². The summed E-state index contributed by atoms with van der Waals surface area (Å²) in [5, 5.41) is 0. The van der Waals surface area contributed by atoms with Crippen molar-refractivity contribution in [2.24, 2.45) is 0 Å². The minimum Gasteiger partial charge on any atom is -0.461 e. The standard InChI is InChI=1S/C10H8BrF2NO3/c1-2-17-9(16)10(12,13)8(15)6-3-7(11)5-14-4-6/h3-5H,2H2,1H3. The first-order valence-corrected chi connectivity index (χ1v) is 5.39. The van der Waals surface area contributed by atoms with E-state index in [0.717, 1.165) is 12.3 Å². The maximum atomic E-state index is 13.3. The van der Waals surface area contributed by atoms with Crippen molar-refractivity contribution in [3.05, 3.63) is 28.5 Å². The largest absolute Gasteiger partial charge is 0.461 e. The zero-order valence-corrected chi connectivity index (χ0v) is 10.3. The van der Waals surface area contributed by atoms with E-state index in [2.05, 4.69) is 25.7 Å². The van der Waals surface area contributed by atoms with Gasteiger partial charge in [-0.25, -0.2) is 4.79 Å². The Morgan fingerprint density at radius 2 is 2.12 bits per heavy atom. The Kier molecular flexibility index (Phi) is 4.28. The van der Waals surface area contributed by atoms with Crippen LogP contribution in [0.3, 0.4) is 0 Å². The number of carbonyl (C=O) groups is 2. The third-order valence-electron chi connectivity index (χ3n) is 1.78. The summed E-state index contributed by atoms with van der Waals surface area (Å²) in [6, 6.07) is 1.16. The maximum absolute atomic E-state index is 13.3. The van der Waals surface area contributed by atoms with Crippen LogP contribution in [0.15, 0.2) is 22.9 Å². The second kappa shape index (κ2) is 5.31. The van der Waals surface area contributed by atoms with Crippen molar-refractivity contribution < 1.29 is 23.1 Å². The molecule has 0 aromatic carbocycles. The van der Waals surface area contributed by atoms with Gasteiger partial charge in [0.05, 0.1) is 6.61 Å². The Morgan fingerprint density at radius 1 is 1.47 bits per heavy atom. The molecular formula is C10H8BrF2NO3. The van der Waals surface area contributed by atoms with Crippen LogP contribution in [-0.2, 0) is 9.53 Å². The highest BCUT2D eigenvalue weighted by Gasteiger charge is 2.49. The van der Waals surface area contributed by atoms with Crippen LogP contribution in [0, 0.1) is 0 Å². The molecule has 0 radical (unpaired) electrons. The lowest BCUT2D eigenvalue weighted by Gasteiger charge is -2.13. The van der Waals surface area contributed by atoms with E-state index in [1.54, 1.807) is 0 Å². The lowest BCUT2D eigenvalue weighted by atomic mass is 10.1. The second-order valence-corrected chi connectivity index (χ2v) is 3.93. The first kappa shape index (κ1) is 13.7. The van der Waals surface area contributed by atoms with Gasteiger partial charge in [0.15, 0.2) is 0 Å². The lowest BCUT2D eigenvalue weighted by Crippen LogP contribution is -2.39. The average Bonchev–Trinajstić information content (AvgIpc) is 2.28. The first-order valence-electron chi connectivity index (χ1n) is 4.60. The van der Waals surface area contributed by atoms with Crippen LogP contribution in [0.25, 0.3) is 0 Å². The van der Waals surface area contributed by atoms with E-state index in [0.29, 0.717) is 4.47 Å². The second-order valence-electron chi connectivity index (χ2n) is 3.02. The van der Waals surface area contributed by atoms with E-state index >= 15 is 0 Å². The topological polar surface area (TPSA) is 56.3 Å². The van der Waals surface area contributed by atoms with Crippen LogP contribution < -0.4 is 0 Å². The zero-order chi connectivity index (χ0) is 13.1. The Hall–Kier alpha value is -1.37. The molecular weight excluding hydrogens is 300 g/mol. The molecule has 0 aliphatic heterocycles. The summed E-state index contributed by atoms with van der Waals surface area (Å²) < 4.78 is 31.2. The van der Waals surface area contributed by atoms with Crippen LogP contribution in [0.1, 0.15) is 17.3 Å². The number of ketones is 1. The number of hydrogen-bond acceptors (Lipinski definition) is 4. The van der Waals surface area contributed by atoms with Crippen LogP contribution >= 0.6 is 15.9 Å². The highest BCUT2D eigenvalue weighted by molar-refractivity contribution is 9.10. The van der Waals surface area contributed by atoms with E-state index in [-0.39, 0.29) is 12.2 Å². The minimum absolute atomic E-state index is 0.224. The van der Waals surface area contributed by atoms with Crippen molar-refractivity contribution >= 4 is 27.7 Å². The molecule has 1 aromatic heterocycles. The number of rotatable bonds is 4. The summed E-state index contributed by atoms with van der Waals surface area (Å²) in [5.74, 6) is -7.69. The molecule has 17 heavy (non-hydrogen) atoms. The molecule has 0 amide bonds. The number of halogens is 3. The monoisotopic (exact) mass is 307 g/mol. The van der Waals surface area contributed by atoms with E-state index in [1.165, 1.54) is 13.1 Å². The first-order chi connectivity index (χ1) is 7.89. The van der Waals surface area contributed by atoms with Gasteiger partial charge in [-0.15, -0.1) is 0 Å². The smallest absolute Gasteiger partial charge is 0.404 e. The summed E-state index contributed by atoms with van der Waals surface area (Å²) in [4.78, 5) is 25.9. The fourth-order valence-corrected chi connectivity index (χ4v) is 1.40. The minimum atomic E-state index is -4.20. The summed E-state index contributed by atoms with van der Waals surface area (Å²) in [6.07, 6.45) is 2.29. The quantitative estimate of drug-likeness (QED) is 0.486. The Balaban J connectivity index is 3.00. The number of ether oxygens (including phenoxy) is 1. The van der Waals surface area contributed by atoms with Crippen molar-refractivity contribution in [2.45, 2.75) is 12.8 Å². The van der Waals surface area contributed by atoms with Crippen LogP contribution in [-0.4, -0.2) is 29.3 Å². The predicted octanol–water partition coefficient (Wildman–Crippen LogP) is 2.23. The average molecular weight is 308 g/mol. The molecule has 7 heteroatoms. The molecule has 0 unspecified atom stereocenters. The fraction of sp³-hybridized carbons (Fsp3) is 0.300. The Labute approximate surface area is 104 Å². The van der Waals surface area contributed by atoms with E-state index < -0.39 is 17.7 Å². The highest BCUT2D eigenvalue weighted by atomic mass is 79.9. The van der Waals surface area contributed by atoms with Crippen LogP contribution in [0.2, 0.25) is 0 Å². The Bertz CT molecular complexity index is 451. The highest BCUT2D eigenvalue weighted by Crippen LogP contribution is 2.23. The molecule has 0 saturated heterocycles. The number of pyridine rings is 1. The van der Waals surface area contributed by atoms with Gasteiger partial charge in [-0.05, 0) is 28.9 Å². The number of aromatic nitrogens is 1.